The van der Waals surface area contributed by atoms with Crippen molar-refractivity contribution in [2.24, 2.45) is 0 Å². The van der Waals surface area contributed by atoms with Gasteiger partial charge in [-0.1, -0.05) is 36.4 Å². The molecule has 4 rings (SSSR count). The Bertz CT molecular complexity index is 966. The molecule has 1 fully saturated rings. The van der Waals surface area contributed by atoms with Gasteiger partial charge in [-0.2, -0.15) is 5.26 Å². The quantitative estimate of drug-likeness (QED) is 0.541. The normalized spacial score (nSPS) is 14.9. The van der Waals surface area contributed by atoms with Gasteiger partial charge in [-0.15, -0.1) is 23.7 Å². The molecule has 2 aromatic carbocycles. The van der Waals surface area contributed by atoms with Crippen molar-refractivity contribution in [1.29, 1.82) is 5.26 Å². The average molecular weight is 410 g/mol. The third kappa shape index (κ3) is 4.74. The Hall–Kier alpha value is -2.32. The van der Waals surface area contributed by atoms with Crippen LogP contribution in [-0.4, -0.2) is 37.6 Å². The monoisotopic (exact) mass is 409 g/mol. The Labute approximate surface area is 176 Å². The number of nitrogens with zero attached hydrogens (tertiary/aromatic N) is 3. The van der Waals surface area contributed by atoms with E-state index in [9.17, 15) is 0 Å². The summed E-state index contributed by atoms with van der Waals surface area (Å²) in [5.41, 5.74) is 2.74. The largest absolute Gasteiger partial charge is 0.368 e. The number of allylic oxidation sites excluding steroid dienone is 1. The zero-order chi connectivity index (χ0) is 18.5. The average Bonchev–Trinajstić information content (AvgIpc) is 3.15. The molecule has 0 unspecified atom stereocenters. The molecule has 0 N–H and O–H groups in total. The van der Waals surface area contributed by atoms with Crippen molar-refractivity contribution in [2.45, 2.75) is 6.42 Å². The molecule has 0 atom stereocenters. The summed E-state index contributed by atoms with van der Waals surface area (Å²) in [5, 5.41) is 10.1. The zero-order valence-corrected chi connectivity index (χ0v) is 17.4. The van der Waals surface area contributed by atoms with Crippen molar-refractivity contribution in [3.05, 3.63) is 71.1 Å². The van der Waals surface area contributed by atoms with Crippen LogP contribution in [0.3, 0.4) is 0 Å². The van der Waals surface area contributed by atoms with Crippen LogP contribution in [0.1, 0.15) is 10.4 Å². The highest BCUT2D eigenvalue weighted by molar-refractivity contribution is 7.19. The number of thiophene rings is 1. The fourth-order valence-corrected chi connectivity index (χ4v) is 4.67. The van der Waals surface area contributed by atoms with Gasteiger partial charge in [0.15, 0.2) is 0 Å². The first-order valence-electron chi connectivity index (χ1n) is 9.43. The van der Waals surface area contributed by atoms with E-state index in [0.717, 1.165) is 44.0 Å². The van der Waals surface area contributed by atoms with Crippen LogP contribution >= 0.6 is 23.7 Å². The summed E-state index contributed by atoms with van der Waals surface area (Å²) in [4.78, 5) is 6.21. The maximum absolute atomic E-state index is 8.76. The molecule has 0 amide bonds. The van der Waals surface area contributed by atoms with E-state index in [1.807, 2.05) is 6.08 Å². The lowest BCUT2D eigenvalue weighted by atomic mass is 10.1. The molecule has 3 aromatic rings. The second-order valence-corrected chi connectivity index (χ2v) is 7.98. The third-order valence-corrected chi connectivity index (χ3v) is 6.22. The predicted octanol–water partition coefficient (Wildman–Crippen LogP) is 5.22. The highest BCUT2D eigenvalue weighted by atomic mass is 35.5. The molecule has 0 aliphatic carbocycles. The number of fused-ring (bicyclic) bond motifs is 1. The summed E-state index contributed by atoms with van der Waals surface area (Å²) in [6, 6.07) is 21.6. The second kappa shape index (κ2) is 9.75. The first-order chi connectivity index (χ1) is 13.3. The first kappa shape index (κ1) is 20.4. The smallest absolute Gasteiger partial charge is 0.0912 e. The lowest BCUT2D eigenvalue weighted by molar-refractivity contribution is 0.261. The molecule has 144 valence electrons. The minimum absolute atomic E-state index is 0. The Kier molecular flexibility index (Phi) is 7.11. The summed E-state index contributed by atoms with van der Waals surface area (Å²) in [6.45, 7) is 5.47. The van der Waals surface area contributed by atoms with Gasteiger partial charge in [0, 0.05) is 59.5 Å². The number of halogens is 1. The van der Waals surface area contributed by atoms with Crippen LogP contribution in [0.4, 0.5) is 5.69 Å². The number of rotatable bonds is 5. The van der Waals surface area contributed by atoms with Crippen molar-refractivity contribution >= 4 is 45.6 Å². The van der Waals surface area contributed by atoms with E-state index in [-0.39, 0.29) is 12.4 Å². The van der Waals surface area contributed by atoms with Crippen LogP contribution in [0, 0.1) is 11.3 Å². The highest BCUT2D eigenvalue weighted by Crippen LogP contribution is 2.34. The standard InChI is InChI=1S/C23H23N3S.ClH/c24-12-5-8-20-18-21-22(9-4-10-23(21)27-20)26-16-14-25(15-17-26)13-11-19-6-2-1-3-7-19;/h1-10,18H,11,13-17H2;1H. The first-order valence-corrected chi connectivity index (χ1v) is 10.2. The summed E-state index contributed by atoms with van der Waals surface area (Å²) >= 11 is 1.75. The Morgan fingerprint density at radius 2 is 1.79 bits per heavy atom. The van der Waals surface area contributed by atoms with Gasteiger partial charge < -0.3 is 4.90 Å². The number of anilines is 1. The van der Waals surface area contributed by atoms with Crippen molar-refractivity contribution < 1.29 is 0 Å². The minimum Gasteiger partial charge on any atom is -0.368 e. The summed E-state index contributed by atoms with van der Waals surface area (Å²) < 4.78 is 1.29. The summed E-state index contributed by atoms with van der Waals surface area (Å²) in [7, 11) is 0. The fourth-order valence-electron chi connectivity index (χ4n) is 3.69. The van der Waals surface area contributed by atoms with Crippen LogP contribution in [-0.2, 0) is 6.42 Å². The third-order valence-electron chi connectivity index (χ3n) is 5.15. The van der Waals surface area contributed by atoms with Gasteiger partial charge >= 0.3 is 0 Å². The van der Waals surface area contributed by atoms with Crippen molar-refractivity contribution in [2.75, 3.05) is 37.6 Å². The number of nitriles is 1. The Balaban J connectivity index is 0.00000225. The van der Waals surface area contributed by atoms with E-state index in [4.69, 9.17) is 5.26 Å². The summed E-state index contributed by atoms with van der Waals surface area (Å²) in [5.74, 6) is 0. The fraction of sp³-hybridized carbons (Fsp3) is 0.261. The topological polar surface area (TPSA) is 30.3 Å². The molecule has 0 radical (unpaired) electrons. The van der Waals surface area contributed by atoms with Crippen molar-refractivity contribution in [3.8, 4) is 6.07 Å². The van der Waals surface area contributed by atoms with E-state index in [0.29, 0.717) is 0 Å². The highest BCUT2D eigenvalue weighted by Gasteiger charge is 2.19. The molecule has 3 nitrogen and oxygen atoms in total. The lowest BCUT2D eigenvalue weighted by Gasteiger charge is -2.36. The van der Waals surface area contributed by atoms with Crippen LogP contribution in [0.2, 0.25) is 0 Å². The number of hydrogen-bond acceptors (Lipinski definition) is 4. The SMILES string of the molecule is Cl.N#CC=Cc1cc2c(N3CCN(CCc4ccccc4)CC3)cccc2s1. The van der Waals surface area contributed by atoms with Gasteiger partial charge in [0.1, 0.15) is 0 Å². The molecular weight excluding hydrogens is 386 g/mol. The maximum atomic E-state index is 8.76. The van der Waals surface area contributed by atoms with Gasteiger partial charge in [-0.05, 0) is 36.3 Å². The lowest BCUT2D eigenvalue weighted by Crippen LogP contribution is -2.47. The maximum Gasteiger partial charge on any atom is 0.0912 e. The molecule has 5 heteroatoms. The molecule has 0 spiro atoms. The molecular formula is C23H24ClN3S. The zero-order valence-electron chi connectivity index (χ0n) is 15.8. The van der Waals surface area contributed by atoms with Crippen molar-refractivity contribution in [3.63, 3.8) is 0 Å². The van der Waals surface area contributed by atoms with E-state index in [1.54, 1.807) is 17.4 Å². The van der Waals surface area contributed by atoms with E-state index in [1.165, 1.54) is 21.3 Å². The van der Waals surface area contributed by atoms with Crippen LogP contribution in [0.25, 0.3) is 16.2 Å². The number of hydrogen-bond donors (Lipinski definition) is 0. The predicted molar refractivity (Wildman–Crippen MR) is 123 cm³/mol. The molecule has 0 saturated carbocycles. The molecule has 0 bridgehead atoms. The van der Waals surface area contributed by atoms with Gasteiger partial charge in [0.05, 0.1) is 6.07 Å². The number of benzene rings is 2. The number of piperazine rings is 1. The second-order valence-electron chi connectivity index (χ2n) is 6.86. The van der Waals surface area contributed by atoms with Gasteiger partial charge in [0.2, 0.25) is 0 Å². The molecule has 2 heterocycles. The summed E-state index contributed by atoms with van der Waals surface area (Å²) in [6.07, 6.45) is 4.57. The van der Waals surface area contributed by atoms with E-state index < -0.39 is 0 Å². The van der Waals surface area contributed by atoms with Crippen molar-refractivity contribution in [1.82, 2.24) is 4.90 Å². The van der Waals surface area contributed by atoms with Crippen LogP contribution in [0.5, 0.6) is 0 Å². The Morgan fingerprint density at radius 3 is 2.54 bits per heavy atom. The van der Waals surface area contributed by atoms with Crippen LogP contribution in [0.15, 0.2) is 60.7 Å². The van der Waals surface area contributed by atoms with Crippen LogP contribution < -0.4 is 4.90 Å². The van der Waals surface area contributed by atoms with Gasteiger partial charge in [-0.3, -0.25) is 4.90 Å². The van der Waals surface area contributed by atoms with Gasteiger partial charge in [0.25, 0.3) is 0 Å². The molecule has 28 heavy (non-hydrogen) atoms. The molecule has 1 aromatic heterocycles. The molecule has 1 aliphatic heterocycles. The molecule has 1 aliphatic rings. The van der Waals surface area contributed by atoms with E-state index in [2.05, 4.69) is 70.5 Å². The Morgan fingerprint density at radius 1 is 1.00 bits per heavy atom. The van der Waals surface area contributed by atoms with E-state index >= 15 is 0 Å². The van der Waals surface area contributed by atoms with Gasteiger partial charge in [-0.25, -0.2) is 0 Å². The minimum atomic E-state index is 0. The molecule has 1 saturated heterocycles.